The van der Waals surface area contributed by atoms with Crippen molar-refractivity contribution in [3.8, 4) is 16.5 Å². The third kappa shape index (κ3) is 3.19. The number of rotatable bonds is 5. The molecule has 0 spiro atoms. The summed E-state index contributed by atoms with van der Waals surface area (Å²) in [6.07, 6.45) is 1.50. The van der Waals surface area contributed by atoms with Crippen molar-refractivity contribution in [2.45, 2.75) is 6.61 Å². The highest BCUT2D eigenvalue weighted by atomic mass is 32.1. The largest absolute Gasteiger partial charge is 0.496 e. The molecule has 2 heterocycles. The number of thiophene rings is 1. The van der Waals surface area contributed by atoms with Gasteiger partial charge in [-0.15, -0.1) is 11.3 Å². The molecule has 0 aliphatic carbocycles. The fourth-order valence-electron chi connectivity index (χ4n) is 2.65. The number of fused-ring (bicyclic) bond motifs is 1. The minimum atomic E-state index is -0.465. The minimum absolute atomic E-state index is 0.0314. The van der Waals surface area contributed by atoms with Gasteiger partial charge in [-0.2, -0.15) is 0 Å². The zero-order valence-corrected chi connectivity index (χ0v) is 14.8. The highest BCUT2D eigenvalue weighted by Gasteiger charge is 2.16. The van der Waals surface area contributed by atoms with E-state index in [0.29, 0.717) is 22.9 Å². The smallest absolute Gasteiger partial charge is 0.342 e. The van der Waals surface area contributed by atoms with Gasteiger partial charge in [-0.05, 0) is 34.4 Å². The van der Waals surface area contributed by atoms with Crippen molar-refractivity contribution >= 4 is 28.1 Å². The van der Waals surface area contributed by atoms with Crippen molar-refractivity contribution in [1.82, 2.24) is 4.98 Å². The Morgan fingerprint density at radius 3 is 2.69 bits per heavy atom. The molecule has 0 aliphatic heterocycles. The zero-order chi connectivity index (χ0) is 17.9. The molecule has 0 amide bonds. The van der Waals surface area contributed by atoms with Crippen LogP contribution in [0.25, 0.3) is 21.5 Å². The van der Waals surface area contributed by atoms with Gasteiger partial charge in [-0.1, -0.05) is 30.3 Å². The van der Waals surface area contributed by atoms with E-state index < -0.39 is 5.97 Å². The molecule has 6 heteroatoms. The summed E-state index contributed by atoms with van der Waals surface area (Å²) in [7, 11) is 1.53. The molecule has 2 aromatic heterocycles. The standard InChI is InChI=1S/C20H15NO4S/c1-23-17-10-14-6-3-2-5-13(14)9-16(17)20(22)25-12-15-11-24-19(21-15)18-7-4-8-26-18/h2-11H,12H2,1H3. The Labute approximate surface area is 153 Å². The molecule has 0 N–H and O–H groups in total. The van der Waals surface area contributed by atoms with Gasteiger partial charge in [-0.3, -0.25) is 0 Å². The first-order valence-corrected chi connectivity index (χ1v) is 8.85. The van der Waals surface area contributed by atoms with E-state index in [1.54, 1.807) is 6.07 Å². The molecule has 0 radical (unpaired) electrons. The molecule has 0 fully saturated rings. The second kappa shape index (κ2) is 7.01. The molecular weight excluding hydrogens is 350 g/mol. The maximum atomic E-state index is 12.5. The topological polar surface area (TPSA) is 61.6 Å². The lowest BCUT2D eigenvalue weighted by atomic mass is 10.1. The van der Waals surface area contributed by atoms with Crippen LogP contribution in [0, 0.1) is 0 Å². The summed E-state index contributed by atoms with van der Waals surface area (Å²) in [6.45, 7) is 0.0314. The van der Waals surface area contributed by atoms with E-state index in [2.05, 4.69) is 4.98 Å². The van der Waals surface area contributed by atoms with E-state index in [9.17, 15) is 4.79 Å². The molecule has 5 nitrogen and oxygen atoms in total. The third-order valence-electron chi connectivity index (χ3n) is 3.92. The Bertz CT molecular complexity index is 1050. The van der Waals surface area contributed by atoms with Gasteiger partial charge in [0.05, 0.1) is 12.0 Å². The summed E-state index contributed by atoms with van der Waals surface area (Å²) in [6, 6.07) is 15.2. The molecule has 130 valence electrons. The van der Waals surface area contributed by atoms with Crippen LogP contribution in [0.2, 0.25) is 0 Å². The summed E-state index contributed by atoms with van der Waals surface area (Å²) in [5.74, 6) is 0.538. The number of esters is 1. The number of benzene rings is 2. The lowest BCUT2D eigenvalue weighted by Crippen LogP contribution is -2.07. The molecule has 4 aromatic rings. The average Bonchev–Trinajstić information content (AvgIpc) is 3.36. The first kappa shape index (κ1) is 16.4. The van der Waals surface area contributed by atoms with Crippen molar-refractivity contribution in [3.05, 3.63) is 71.4 Å². The number of carbonyl (C=O) groups excluding carboxylic acids is 1. The van der Waals surface area contributed by atoms with E-state index in [1.165, 1.54) is 24.7 Å². The Hall–Kier alpha value is -3.12. The second-order valence-electron chi connectivity index (χ2n) is 5.60. The van der Waals surface area contributed by atoms with Crippen LogP contribution in [0.1, 0.15) is 16.1 Å². The van der Waals surface area contributed by atoms with Crippen LogP contribution < -0.4 is 4.74 Å². The fraction of sp³-hybridized carbons (Fsp3) is 0.100. The van der Waals surface area contributed by atoms with E-state index in [1.807, 2.05) is 47.8 Å². The van der Waals surface area contributed by atoms with Gasteiger partial charge in [0.2, 0.25) is 5.89 Å². The quantitative estimate of drug-likeness (QED) is 0.470. The van der Waals surface area contributed by atoms with Crippen LogP contribution in [0.5, 0.6) is 5.75 Å². The van der Waals surface area contributed by atoms with Gasteiger partial charge in [0.1, 0.15) is 29.9 Å². The van der Waals surface area contributed by atoms with Crippen molar-refractivity contribution < 1.29 is 18.7 Å². The van der Waals surface area contributed by atoms with Crippen LogP contribution >= 0.6 is 11.3 Å². The van der Waals surface area contributed by atoms with Crippen molar-refractivity contribution in [2.24, 2.45) is 0 Å². The predicted octanol–water partition coefficient (Wildman–Crippen LogP) is 4.92. The number of hydrogen-bond acceptors (Lipinski definition) is 6. The Kier molecular flexibility index (Phi) is 4.41. The summed E-state index contributed by atoms with van der Waals surface area (Å²) >= 11 is 1.54. The van der Waals surface area contributed by atoms with Crippen LogP contribution in [0.4, 0.5) is 0 Å². The molecule has 0 saturated carbocycles. The van der Waals surface area contributed by atoms with Gasteiger partial charge in [-0.25, -0.2) is 9.78 Å². The van der Waals surface area contributed by atoms with Gasteiger partial charge < -0.3 is 13.9 Å². The first-order valence-electron chi connectivity index (χ1n) is 7.97. The first-order chi connectivity index (χ1) is 12.7. The Morgan fingerprint density at radius 1 is 1.15 bits per heavy atom. The van der Waals surface area contributed by atoms with Gasteiger partial charge in [0.15, 0.2) is 0 Å². The van der Waals surface area contributed by atoms with Crippen molar-refractivity contribution in [1.29, 1.82) is 0 Å². The molecule has 0 aliphatic rings. The summed E-state index contributed by atoms with van der Waals surface area (Å²) < 4.78 is 16.2. The van der Waals surface area contributed by atoms with Gasteiger partial charge in [0, 0.05) is 0 Å². The molecule has 0 unspecified atom stereocenters. The molecule has 26 heavy (non-hydrogen) atoms. The molecule has 0 saturated heterocycles. The molecule has 4 rings (SSSR count). The normalized spacial score (nSPS) is 10.8. The van der Waals surface area contributed by atoms with Gasteiger partial charge in [0.25, 0.3) is 0 Å². The van der Waals surface area contributed by atoms with Crippen LogP contribution in [0.3, 0.4) is 0 Å². The number of carbonyl (C=O) groups is 1. The van der Waals surface area contributed by atoms with Crippen LogP contribution in [-0.2, 0) is 11.3 Å². The highest BCUT2D eigenvalue weighted by molar-refractivity contribution is 7.13. The average molecular weight is 365 g/mol. The summed E-state index contributed by atoms with van der Waals surface area (Å²) in [4.78, 5) is 17.8. The summed E-state index contributed by atoms with van der Waals surface area (Å²) in [5.41, 5.74) is 0.940. The Balaban J connectivity index is 1.52. The van der Waals surface area contributed by atoms with Gasteiger partial charge >= 0.3 is 5.97 Å². The molecular formula is C20H15NO4S. The van der Waals surface area contributed by atoms with Crippen molar-refractivity contribution in [2.75, 3.05) is 7.11 Å². The second-order valence-corrected chi connectivity index (χ2v) is 6.54. The number of hydrogen-bond donors (Lipinski definition) is 0. The lowest BCUT2D eigenvalue weighted by Gasteiger charge is -2.10. The van der Waals surface area contributed by atoms with E-state index in [4.69, 9.17) is 13.9 Å². The van der Waals surface area contributed by atoms with E-state index >= 15 is 0 Å². The van der Waals surface area contributed by atoms with Crippen LogP contribution in [0.15, 0.2) is 64.6 Å². The minimum Gasteiger partial charge on any atom is -0.496 e. The number of methoxy groups -OCH3 is 1. The number of aromatic nitrogens is 1. The SMILES string of the molecule is COc1cc2ccccc2cc1C(=O)OCc1coc(-c2cccs2)n1. The fourth-order valence-corrected chi connectivity index (χ4v) is 3.31. The summed E-state index contributed by atoms with van der Waals surface area (Å²) in [5, 5.41) is 3.89. The zero-order valence-electron chi connectivity index (χ0n) is 14.0. The van der Waals surface area contributed by atoms with E-state index in [0.717, 1.165) is 15.6 Å². The monoisotopic (exact) mass is 365 g/mol. The lowest BCUT2D eigenvalue weighted by molar-refractivity contribution is 0.0464. The highest BCUT2D eigenvalue weighted by Crippen LogP contribution is 2.27. The van der Waals surface area contributed by atoms with Crippen LogP contribution in [-0.4, -0.2) is 18.1 Å². The maximum absolute atomic E-state index is 12.5. The molecule has 0 atom stereocenters. The molecule has 0 bridgehead atoms. The predicted molar refractivity (Wildman–Crippen MR) is 99.4 cm³/mol. The molecule has 2 aromatic carbocycles. The third-order valence-corrected chi connectivity index (χ3v) is 4.78. The number of oxazole rings is 1. The van der Waals surface area contributed by atoms with E-state index in [-0.39, 0.29) is 6.61 Å². The maximum Gasteiger partial charge on any atom is 0.342 e. The Morgan fingerprint density at radius 2 is 1.96 bits per heavy atom. The number of nitrogens with zero attached hydrogens (tertiary/aromatic N) is 1. The van der Waals surface area contributed by atoms with Crippen molar-refractivity contribution in [3.63, 3.8) is 0 Å². The number of ether oxygens (including phenoxy) is 2.